The Bertz CT molecular complexity index is 1100. The van der Waals surface area contributed by atoms with Crippen LogP contribution in [0.1, 0.15) is 35.4 Å². The second kappa shape index (κ2) is 9.74. The predicted octanol–water partition coefficient (Wildman–Crippen LogP) is 4.59. The molecule has 1 unspecified atom stereocenters. The topological polar surface area (TPSA) is 71.3 Å². The number of carbonyl (C=O) groups is 1. The second-order valence-electron chi connectivity index (χ2n) is 8.37. The number of piperidine rings is 1. The summed E-state index contributed by atoms with van der Waals surface area (Å²) >= 11 is 0. The van der Waals surface area contributed by atoms with Crippen molar-refractivity contribution in [3.63, 3.8) is 0 Å². The highest BCUT2D eigenvalue weighted by molar-refractivity contribution is 5.79. The third kappa shape index (κ3) is 5.98. The maximum atomic E-state index is 12.9. The number of amides is 1. The Balaban J connectivity index is 1.31. The molecule has 6 nitrogen and oxygen atoms in total. The fraction of sp³-hybridized carbons (Fsp3) is 0.375. The standard InChI is InChI=1S/C24H25F3N4O2/c1-16-7-9-18(10-8-16)23-29-21(30-33-23)15-31-11-3-5-19(14-31)22(32)28-13-17-4-2-6-20(12-17)24(25,26)27/h2,4,6-10,12,19H,3,5,11,13-15H2,1H3,(H,28,32). The Labute approximate surface area is 189 Å². The molecule has 1 aromatic heterocycles. The second-order valence-corrected chi connectivity index (χ2v) is 8.37. The van der Waals surface area contributed by atoms with E-state index in [0.29, 0.717) is 30.4 Å². The van der Waals surface area contributed by atoms with Crippen LogP contribution in [0.3, 0.4) is 0 Å². The molecule has 33 heavy (non-hydrogen) atoms. The third-order valence-electron chi connectivity index (χ3n) is 5.73. The Morgan fingerprint density at radius 3 is 2.76 bits per heavy atom. The van der Waals surface area contributed by atoms with Crippen LogP contribution in [0.5, 0.6) is 0 Å². The fourth-order valence-corrected chi connectivity index (χ4v) is 3.94. The van der Waals surface area contributed by atoms with Crippen molar-refractivity contribution >= 4 is 5.91 Å². The summed E-state index contributed by atoms with van der Waals surface area (Å²) in [6, 6.07) is 12.8. The van der Waals surface area contributed by atoms with Gasteiger partial charge in [-0.15, -0.1) is 0 Å². The third-order valence-corrected chi connectivity index (χ3v) is 5.73. The highest BCUT2D eigenvalue weighted by Gasteiger charge is 2.30. The molecule has 9 heteroatoms. The van der Waals surface area contributed by atoms with Crippen LogP contribution in [0.4, 0.5) is 13.2 Å². The van der Waals surface area contributed by atoms with Crippen LogP contribution >= 0.6 is 0 Å². The minimum absolute atomic E-state index is 0.0595. The number of halogens is 3. The molecule has 1 saturated heterocycles. The van der Waals surface area contributed by atoms with Gasteiger partial charge in [0.2, 0.25) is 5.91 Å². The van der Waals surface area contributed by atoms with E-state index in [-0.39, 0.29) is 18.4 Å². The van der Waals surface area contributed by atoms with Crippen molar-refractivity contribution in [2.75, 3.05) is 13.1 Å². The number of aryl methyl sites for hydroxylation is 1. The molecule has 1 aliphatic rings. The van der Waals surface area contributed by atoms with E-state index in [1.54, 1.807) is 6.07 Å². The molecule has 0 radical (unpaired) electrons. The van der Waals surface area contributed by atoms with Crippen LogP contribution in [-0.2, 0) is 24.1 Å². The first-order chi connectivity index (χ1) is 15.8. The van der Waals surface area contributed by atoms with Crippen molar-refractivity contribution in [1.82, 2.24) is 20.4 Å². The highest BCUT2D eigenvalue weighted by atomic mass is 19.4. The molecule has 3 aromatic rings. The van der Waals surface area contributed by atoms with Gasteiger partial charge in [0, 0.05) is 18.7 Å². The molecule has 1 aliphatic heterocycles. The summed E-state index contributed by atoms with van der Waals surface area (Å²) in [5.74, 6) is 0.603. The normalized spacial score (nSPS) is 17.2. The summed E-state index contributed by atoms with van der Waals surface area (Å²) < 4.78 is 44.0. The van der Waals surface area contributed by atoms with E-state index in [4.69, 9.17) is 4.52 Å². The first kappa shape index (κ1) is 23.0. The summed E-state index contributed by atoms with van der Waals surface area (Å²) in [7, 11) is 0. The first-order valence-corrected chi connectivity index (χ1v) is 10.8. The number of likely N-dealkylation sites (tertiary alicyclic amines) is 1. The van der Waals surface area contributed by atoms with Crippen LogP contribution in [0, 0.1) is 12.8 Å². The molecule has 0 aliphatic carbocycles. The van der Waals surface area contributed by atoms with Gasteiger partial charge in [0.25, 0.3) is 5.89 Å². The Morgan fingerprint density at radius 2 is 2.00 bits per heavy atom. The van der Waals surface area contributed by atoms with Crippen molar-refractivity contribution in [1.29, 1.82) is 0 Å². The molecule has 4 rings (SSSR count). The van der Waals surface area contributed by atoms with E-state index < -0.39 is 11.7 Å². The molecule has 174 valence electrons. The van der Waals surface area contributed by atoms with E-state index in [1.165, 1.54) is 6.07 Å². The van der Waals surface area contributed by atoms with E-state index >= 15 is 0 Å². The lowest BCUT2D eigenvalue weighted by Gasteiger charge is -2.31. The Kier molecular flexibility index (Phi) is 6.78. The van der Waals surface area contributed by atoms with E-state index in [2.05, 4.69) is 20.4 Å². The maximum Gasteiger partial charge on any atom is 0.416 e. The van der Waals surface area contributed by atoms with Gasteiger partial charge in [0.1, 0.15) is 0 Å². The number of rotatable bonds is 6. The minimum Gasteiger partial charge on any atom is -0.352 e. The van der Waals surface area contributed by atoms with Gasteiger partial charge in [0.05, 0.1) is 18.0 Å². The van der Waals surface area contributed by atoms with Gasteiger partial charge in [-0.25, -0.2) is 0 Å². The van der Waals surface area contributed by atoms with Gasteiger partial charge < -0.3 is 9.84 Å². The van der Waals surface area contributed by atoms with Gasteiger partial charge >= 0.3 is 6.18 Å². The molecule has 2 heterocycles. The van der Waals surface area contributed by atoms with E-state index in [0.717, 1.165) is 42.6 Å². The van der Waals surface area contributed by atoms with Gasteiger partial charge in [-0.1, -0.05) is 35.0 Å². The molecule has 1 atom stereocenters. The van der Waals surface area contributed by atoms with Gasteiger partial charge in [-0.3, -0.25) is 9.69 Å². The SMILES string of the molecule is Cc1ccc(-c2nc(CN3CCCC(C(=O)NCc4cccc(C(F)(F)F)c4)C3)no2)cc1. The molecule has 0 saturated carbocycles. The number of hydrogen-bond donors (Lipinski definition) is 1. The van der Waals surface area contributed by atoms with Gasteiger partial charge in [0.15, 0.2) is 5.82 Å². The summed E-state index contributed by atoms with van der Waals surface area (Å²) in [5, 5.41) is 6.84. The molecule has 2 aromatic carbocycles. The maximum absolute atomic E-state index is 12.9. The van der Waals surface area contributed by atoms with Crippen molar-refractivity contribution in [3.05, 3.63) is 71.0 Å². The Morgan fingerprint density at radius 1 is 1.21 bits per heavy atom. The van der Waals surface area contributed by atoms with Crippen molar-refractivity contribution in [2.24, 2.45) is 5.92 Å². The molecule has 1 N–H and O–H groups in total. The molecule has 0 bridgehead atoms. The summed E-state index contributed by atoms with van der Waals surface area (Å²) in [6.07, 6.45) is -2.84. The molecule has 1 amide bonds. The fourth-order valence-electron chi connectivity index (χ4n) is 3.94. The summed E-state index contributed by atoms with van der Waals surface area (Å²) in [4.78, 5) is 19.2. The zero-order valence-corrected chi connectivity index (χ0v) is 18.2. The van der Waals surface area contributed by atoms with E-state index in [1.807, 2.05) is 31.2 Å². The van der Waals surface area contributed by atoms with Gasteiger partial charge in [-0.2, -0.15) is 18.2 Å². The highest BCUT2D eigenvalue weighted by Crippen LogP contribution is 2.29. The van der Waals surface area contributed by atoms with Gasteiger partial charge in [-0.05, 0) is 56.1 Å². The predicted molar refractivity (Wildman–Crippen MR) is 116 cm³/mol. The summed E-state index contributed by atoms with van der Waals surface area (Å²) in [5.41, 5.74) is 1.69. The lowest BCUT2D eigenvalue weighted by atomic mass is 9.97. The lowest BCUT2D eigenvalue weighted by Crippen LogP contribution is -2.42. The largest absolute Gasteiger partial charge is 0.416 e. The smallest absolute Gasteiger partial charge is 0.352 e. The summed E-state index contributed by atoms with van der Waals surface area (Å²) in [6.45, 7) is 3.87. The number of nitrogens with zero attached hydrogens (tertiary/aromatic N) is 3. The quantitative estimate of drug-likeness (QED) is 0.585. The number of aromatic nitrogens is 2. The zero-order chi connectivity index (χ0) is 23.4. The zero-order valence-electron chi connectivity index (χ0n) is 18.2. The number of carbonyl (C=O) groups excluding carboxylic acids is 1. The monoisotopic (exact) mass is 458 g/mol. The van der Waals surface area contributed by atoms with Crippen molar-refractivity contribution < 1.29 is 22.5 Å². The lowest BCUT2D eigenvalue weighted by molar-refractivity contribution is -0.137. The van der Waals surface area contributed by atoms with Crippen LogP contribution < -0.4 is 5.32 Å². The number of alkyl halides is 3. The molecule has 0 spiro atoms. The average Bonchev–Trinajstić information content (AvgIpc) is 3.26. The van der Waals surface area contributed by atoms with Crippen molar-refractivity contribution in [2.45, 2.75) is 39.0 Å². The number of nitrogens with one attached hydrogen (secondary N) is 1. The first-order valence-electron chi connectivity index (χ1n) is 10.8. The Hall–Kier alpha value is -3.20. The van der Waals surface area contributed by atoms with Crippen LogP contribution in [0.15, 0.2) is 53.1 Å². The van der Waals surface area contributed by atoms with E-state index in [9.17, 15) is 18.0 Å². The molecule has 1 fully saturated rings. The van der Waals surface area contributed by atoms with Crippen LogP contribution in [0.2, 0.25) is 0 Å². The van der Waals surface area contributed by atoms with Crippen LogP contribution in [0.25, 0.3) is 11.5 Å². The average molecular weight is 458 g/mol. The van der Waals surface area contributed by atoms with Crippen molar-refractivity contribution in [3.8, 4) is 11.5 Å². The number of hydrogen-bond acceptors (Lipinski definition) is 5. The van der Waals surface area contributed by atoms with Crippen LogP contribution in [-0.4, -0.2) is 34.0 Å². The molecular weight excluding hydrogens is 433 g/mol. The minimum atomic E-state index is -4.40. The number of benzene rings is 2. The molecular formula is C24H25F3N4O2.